The molecule has 2 aromatic carbocycles. The van der Waals surface area contributed by atoms with Gasteiger partial charge in [-0.2, -0.15) is 0 Å². The summed E-state index contributed by atoms with van der Waals surface area (Å²) in [4.78, 5) is 12.9. The SMILES string of the molecule is C[C@H](O)[C@H](C(=O)O)[C@@H]1[C@@H](CCN)[C@H]2C=C[C@H]1Cc1ccccc1CSSC[C@H](Cc1cccc(CO)c1)[C@H](C/C=C\[C@H](O)CC1CCCCC1)C2. The van der Waals surface area contributed by atoms with Crippen LogP contribution >= 0.6 is 21.6 Å². The Balaban J connectivity index is 1.52. The molecule has 2 heterocycles. The third kappa shape index (κ3) is 11.5. The fraction of sp³-hybridized carbons (Fsp3) is 0.605. The Morgan fingerprint density at radius 3 is 2.43 bits per heavy atom. The number of aliphatic carboxylic acids is 1. The third-order valence-electron chi connectivity index (χ3n) is 12.0. The minimum absolute atomic E-state index is 0.0117. The molecule has 6 nitrogen and oxygen atoms in total. The number of aliphatic hydroxyl groups excluding tert-OH is 3. The van der Waals surface area contributed by atoms with Crippen LogP contribution in [0.15, 0.2) is 72.8 Å². The first-order valence-corrected chi connectivity index (χ1v) is 21.9. The molecular weight excluding hydrogens is 675 g/mol. The minimum Gasteiger partial charge on any atom is -0.481 e. The van der Waals surface area contributed by atoms with Gasteiger partial charge in [-0.1, -0.05) is 127 Å². The number of rotatable bonds is 13. The summed E-state index contributed by atoms with van der Waals surface area (Å²) in [6.45, 7) is 2.10. The summed E-state index contributed by atoms with van der Waals surface area (Å²) in [5.41, 5.74) is 11.0. The van der Waals surface area contributed by atoms with Crippen molar-refractivity contribution in [1.29, 1.82) is 0 Å². The fourth-order valence-corrected chi connectivity index (χ4v) is 12.0. The topological polar surface area (TPSA) is 124 Å². The number of carboxylic acid groups (broad SMARTS) is 1. The Morgan fingerprint density at radius 2 is 1.71 bits per heavy atom. The standard InChI is InChI=1S/C43H61NO5S2/c1-29(46)41(43(48)49)42-36-18-17-35(40(42)19-20-44)24-34(15-8-16-39(47)23-30-9-3-2-4-10-30)38(22-31-11-7-12-32(21-31)26-45)28-51-50-27-37-14-6-5-13-33(37)25-36/h5-8,11-14,16-18,21,29-30,34-36,38-42,45-47H,2-4,9-10,15,19-20,22-28,44H2,1H3,(H,48,49)/b16-8-/t29-,34+,35-,36-,38-,39-,40-,41-,42-/m0/s1. The first-order valence-electron chi connectivity index (χ1n) is 19.4. The molecule has 6 rings (SSSR count). The van der Waals surface area contributed by atoms with Crippen LogP contribution in [0.4, 0.5) is 0 Å². The molecular formula is C43H61NO5S2. The summed E-state index contributed by atoms with van der Waals surface area (Å²) in [5.74, 6) is 1.00. The van der Waals surface area contributed by atoms with Crippen LogP contribution in [0.3, 0.4) is 0 Å². The van der Waals surface area contributed by atoms with Crippen LogP contribution in [-0.2, 0) is 30.0 Å². The number of aliphatic hydroxyl groups is 3. The van der Waals surface area contributed by atoms with Crippen molar-refractivity contribution in [3.8, 4) is 0 Å². The zero-order valence-electron chi connectivity index (χ0n) is 30.4. The molecule has 4 aliphatic rings. The van der Waals surface area contributed by atoms with Crippen molar-refractivity contribution in [3.05, 3.63) is 95.1 Å². The normalized spacial score (nSPS) is 28.2. The molecule has 0 aromatic heterocycles. The van der Waals surface area contributed by atoms with Crippen molar-refractivity contribution in [3.63, 3.8) is 0 Å². The molecule has 6 N–H and O–H groups in total. The van der Waals surface area contributed by atoms with E-state index < -0.39 is 24.1 Å². The first-order chi connectivity index (χ1) is 24.8. The molecule has 1 fully saturated rings. The van der Waals surface area contributed by atoms with E-state index in [0.717, 1.165) is 49.2 Å². The third-order valence-corrected chi connectivity index (χ3v) is 14.4. The number of nitrogens with two attached hydrogens (primary N) is 1. The maximum absolute atomic E-state index is 12.9. The van der Waals surface area contributed by atoms with Crippen molar-refractivity contribution < 1.29 is 25.2 Å². The van der Waals surface area contributed by atoms with E-state index in [1.807, 2.05) is 39.8 Å². The van der Waals surface area contributed by atoms with Crippen LogP contribution in [0.5, 0.6) is 0 Å². The molecule has 2 aromatic rings. The lowest BCUT2D eigenvalue weighted by Crippen LogP contribution is -2.46. The van der Waals surface area contributed by atoms with Gasteiger partial charge in [0.2, 0.25) is 0 Å². The van der Waals surface area contributed by atoms with E-state index in [-0.39, 0.29) is 36.2 Å². The number of carboxylic acids is 1. The van der Waals surface area contributed by atoms with Gasteiger partial charge >= 0.3 is 5.97 Å². The molecule has 2 aliphatic carbocycles. The van der Waals surface area contributed by atoms with Crippen LogP contribution in [0.25, 0.3) is 0 Å². The van der Waals surface area contributed by atoms with Gasteiger partial charge in [-0.3, -0.25) is 4.79 Å². The number of allylic oxidation sites excluding steroid dienone is 3. The van der Waals surface area contributed by atoms with Gasteiger partial charge in [-0.05, 0) is 116 Å². The van der Waals surface area contributed by atoms with Gasteiger partial charge in [0, 0.05) is 11.5 Å². The molecule has 9 atom stereocenters. The van der Waals surface area contributed by atoms with Crippen LogP contribution in [-0.4, -0.2) is 50.9 Å². The second kappa shape index (κ2) is 20.4. The molecule has 280 valence electrons. The maximum Gasteiger partial charge on any atom is 0.309 e. The first kappa shape index (κ1) is 40.1. The molecule has 0 radical (unpaired) electrons. The molecule has 51 heavy (non-hydrogen) atoms. The summed E-state index contributed by atoms with van der Waals surface area (Å²) >= 11 is 0. The quantitative estimate of drug-likeness (QED) is 0.103. The summed E-state index contributed by atoms with van der Waals surface area (Å²) < 4.78 is 0. The van der Waals surface area contributed by atoms with Crippen LogP contribution in [0, 0.1) is 47.3 Å². The fourth-order valence-electron chi connectivity index (χ4n) is 9.44. The molecule has 0 amide bonds. The second-order valence-corrected chi connectivity index (χ2v) is 18.1. The number of hydrogen-bond acceptors (Lipinski definition) is 7. The average Bonchev–Trinajstić information content (AvgIpc) is 3.11. The summed E-state index contributed by atoms with van der Waals surface area (Å²) in [6.07, 6.45) is 18.6. The van der Waals surface area contributed by atoms with Gasteiger partial charge in [-0.15, -0.1) is 0 Å². The number of fused-ring (bicyclic) bond motifs is 7. The largest absolute Gasteiger partial charge is 0.481 e. The summed E-state index contributed by atoms with van der Waals surface area (Å²) in [6, 6.07) is 16.8. The van der Waals surface area contributed by atoms with Gasteiger partial charge in [-0.25, -0.2) is 0 Å². The van der Waals surface area contributed by atoms with Crippen molar-refractivity contribution in [2.24, 2.45) is 53.1 Å². The van der Waals surface area contributed by atoms with Gasteiger partial charge in [0.25, 0.3) is 0 Å². The minimum atomic E-state index is -0.987. The molecule has 2 aliphatic heterocycles. The van der Waals surface area contributed by atoms with E-state index in [0.29, 0.717) is 24.8 Å². The van der Waals surface area contributed by atoms with Crippen molar-refractivity contribution >= 4 is 27.6 Å². The van der Waals surface area contributed by atoms with E-state index in [2.05, 4.69) is 54.6 Å². The average molecular weight is 736 g/mol. The van der Waals surface area contributed by atoms with Crippen LogP contribution in [0.2, 0.25) is 0 Å². The van der Waals surface area contributed by atoms with Crippen LogP contribution < -0.4 is 5.73 Å². The van der Waals surface area contributed by atoms with Gasteiger partial charge in [0.05, 0.1) is 24.7 Å². The smallest absolute Gasteiger partial charge is 0.309 e. The molecule has 0 spiro atoms. The van der Waals surface area contributed by atoms with E-state index in [9.17, 15) is 25.2 Å². The van der Waals surface area contributed by atoms with Crippen molar-refractivity contribution in [1.82, 2.24) is 0 Å². The van der Waals surface area contributed by atoms with E-state index in [1.54, 1.807) is 6.92 Å². The van der Waals surface area contributed by atoms with E-state index >= 15 is 0 Å². The lowest BCUT2D eigenvalue weighted by Gasteiger charge is -2.45. The van der Waals surface area contributed by atoms with Crippen molar-refractivity contribution in [2.75, 3.05) is 12.3 Å². The zero-order chi connectivity index (χ0) is 36.2. The lowest BCUT2D eigenvalue weighted by atomic mass is 9.60. The highest BCUT2D eigenvalue weighted by molar-refractivity contribution is 8.76. The van der Waals surface area contributed by atoms with E-state index in [1.165, 1.54) is 48.8 Å². The molecule has 8 heteroatoms. The van der Waals surface area contributed by atoms with E-state index in [4.69, 9.17) is 5.73 Å². The Kier molecular flexibility index (Phi) is 16.1. The number of hydrogen-bond donors (Lipinski definition) is 5. The van der Waals surface area contributed by atoms with Crippen molar-refractivity contribution in [2.45, 2.75) is 102 Å². The van der Waals surface area contributed by atoms with Crippen LogP contribution in [0.1, 0.15) is 87.0 Å². The monoisotopic (exact) mass is 735 g/mol. The molecule has 2 bridgehead atoms. The Morgan fingerprint density at radius 1 is 0.961 bits per heavy atom. The molecule has 1 saturated carbocycles. The predicted octanol–water partition coefficient (Wildman–Crippen LogP) is 8.22. The molecule has 0 unspecified atom stereocenters. The predicted molar refractivity (Wildman–Crippen MR) is 212 cm³/mol. The Labute approximate surface area is 314 Å². The second-order valence-electron chi connectivity index (χ2n) is 15.6. The van der Waals surface area contributed by atoms with Gasteiger partial charge < -0.3 is 26.2 Å². The highest BCUT2D eigenvalue weighted by Gasteiger charge is 2.46. The molecule has 0 saturated heterocycles. The van der Waals surface area contributed by atoms with Gasteiger partial charge in [0.1, 0.15) is 0 Å². The number of carbonyl (C=O) groups is 1. The Bertz CT molecular complexity index is 1420. The zero-order valence-corrected chi connectivity index (χ0v) is 32.0. The maximum atomic E-state index is 12.9. The Hall–Kier alpha value is -2.07. The summed E-state index contributed by atoms with van der Waals surface area (Å²) in [5, 5.41) is 42.6. The highest BCUT2D eigenvalue weighted by atomic mass is 33.1. The highest BCUT2D eigenvalue weighted by Crippen LogP contribution is 2.48. The lowest BCUT2D eigenvalue weighted by molar-refractivity contribution is -0.151. The van der Waals surface area contributed by atoms with Gasteiger partial charge in [0.15, 0.2) is 0 Å². The number of benzene rings is 2. The summed E-state index contributed by atoms with van der Waals surface area (Å²) in [7, 11) is 3.83.